The molecule has 0 radical (unpaired) electrons. The van der Waals surface area contributed by atoms with Gasteiger partial charge in [0.1, 0.15) is 0 Å². The van der Waals surface area contributed by atoms with E-state index in [1.165, 1.54) is 57.8 Å². The van der Waals surface area contributed by atoms with Crippen molar-refractivity contribution >= 4 is 6.72 Å². The van der Waals surface area contributed by atoms with Gasteiger partial charge in [0.25, 0.3) is 0 Å². The molecular weight excluding hydrogens is 170 g/mol. The first-order valence-corrected chi connectivity index (χ1v) is 6.28. The number of rotatable bonds is 1. The number of aliphatic imine (C=N–C) groups is 1. The molecule has 14 heavy (non-hydrogen) atoms. The lowest BCUT2D eigenvalue weighted by Gasteiger charge is -2.10. The third-order valence-corrected chi connectivity index (χ3v) is 3.48. The third-order valence-electron chi connectivity index (χ3n) is 3.48. The van der Waals surface area contributed by atoms with Crippen LogP contribution < -0.4 is 0 Å². The molecule has 0 bridgehead atoms. The van der Waals surface area contributed by atoms with Gasteiger partial charge in [-0.1, -0.05) is 51.9 Å². The molecule has 1 heteroatoms. The monoisotopic (exact) mass is 195 g/mol. The van der Waals surface area contributed by atoms with E-state index in [0.29, 0.717) is 6.04 Å². The molecule has 0 spiro atoms. The zero-order chi connectivity index (χ0) is 10.2. The summed E-state index contributed by atoms with van der Waals surface area (Å²) in [6.07, 6.45) is 12.3. The fourth-order valence-electron chi connectivity index (χ4n) is 2.39. The van der Waals surface area contributed by atoms with Crippen LogP contribution in [0.25, 0.3) is 0 Å². The van der Waals surface area contributed by atoms with Crippen molar-refractivity contribution in [2.75, 3.05) is 0 Å². The van der Waals surface area contributed by atoms with E-state index in [0.717, 1.165) is 5.92 Å². The van der Waals surface area contributed by atoms with E-state index in [4.69, 9.17) is 0 Å². The lowest BCUT2D eigenvalue weighted by molar-refractivity contribution is 0.446. The van der Waals surface area contributed by atoms with Crippen LogP contribution in [0.1, 0.15) is 64.7 Å². The second-order valence-corrected chi connectivity index (χ2v) is 4.86. The van der Waals surface area contributed by atoms with Gasteiger partial charge in [0.05, 0.1) is 0 Å². The van der Waals surface area contributed by atoms with E-state index in [1.54, 1.807) is 0 Å². The molecule has 0 N–H and O–H groups in total. The van der Waals surface area contributed by atoms with Crippen LogP contribution in [-0.4, -0.2) is 12.8 Å². The molecule has 0 amide bonds. The van der Waals surface area contributed by atoms with Crippen molar-refractivity contribution in [3.05, 3.63) is 0 Å². The van der Waals surface area contributed by atoms with Crippen molar-refractivity contribution in [3.63, 3.8) is 0 Å². The van der Waals surface area contributed by atoms with E-state index < -0.39 is 0 Å². The highest BCUT2D eigenvalue weighted by Gasteiger charge is 2.09. The van der Waals surface area contributed by atoms with Gasteiger partial charge in [-0.15, -0.1) is 0 Å². The topological polar surface area (TPSA) is 12.4 Å². The van der Waals surface area contributed by atoms with E-state index in [1.807, 2.05) is 0 Å². The quantitative estimate of drug-likeness (QED) is 0.556. The summed E-state index contributed by atoms with van der Waals surface area (Å²) in [7, 11) is 0. The highest BCUT2D eigenvalue weighted by atomic mass is 14.7. The van der Waals surface area contributed by atoms with Crippen molar-refractivity contribution in [1.29, 1.82) is 0 Å². The molecular formula is C13H25N. The largest absolute Gasteiger partial charge is 0.298 e. The predicted molar refractivity (Wildman–Crippen MR) is 64.1 cm³/mol. The van der Waals surface area contributed by atoms with Gasteiger partial charge in [0.2, 0.25) is 0 Å². The molecule has 0 saturated heterocycles. The van der Waals surface area contributed by atoms with Crippen LogP contribution in [0.5, 0.6) is 0 Å². The highest BCUT2D eigenvalue weighted by Crippen LogP contribution is 2.21. The normalized spacial score (nSPS) is 31.8. The van der Waals surface area contributed by atoms with Crippen LogP contribution in [0.15, 0.2) is 4.99 Å². The molecule has 1 aliphatic rings. The third kappa shape index (κ3) is 4.78. The summed E-state index contributed by atoms with van der Waals surface area (Å²) in [5.74, 6) is 0.947. The average molecular weight is 195 g/mol. The molecule has 2 unspecified atom stereocenters. The maximum Gasteiger partial charge on any atom is 0.0492 e. The van der Waals surface area contributed by atoms with Gasteiger partial charge in [-0.25, -0.2) is 0 Å². The van der Waals surface area contributed by atoms with Crippen molar-refractivity contribution in [1.82, 2.24) is 0 Å². The van der Waals surface area contributed by atoms with Crippen LogP contribution in [-0.2, 0) is 0 Å². The minimum absolute atomic E-state index is 0.559. The molecule has 0 aromatic rings. The molecule has 1 saturated carbocycles. The van der Waals surface area contributed by atoms with Gasteiger partial charge in [0, 0.05) is 6.04 Å². The van der Waals surface area contributed by atoms with E-state index in [2.05, 4.69) is 18.6 Å². The van der Waals surface area contributed by atoms with Gasteiger partial charge in [0.15, 0.2) is 0 Å². The van der Waals surface area contributed by atoms with Crippen molar-refractivity contribution in [3.8, 4) is 0 Å². The van der Waals surface area contributed by atoms with Crippen LogP contribution in [0.4, 0.5) is 0 Å². The fraction of sp³-hybridized carbons (Fsp3) is 0.923. The Morgan fingerprint density at radius 1 is 0.857 bits per heavy atom. The number of hydrogen-bond acceptors (Lipinski definition) is 1. The minimum atomic E-state index is 0.559. The second kappa shape index (κ2) is 7.03. The summed E-state index contributed by atoms with van der Waals surface area (Å²) in [4.78, 5) is 4.22. The van der Waals surface area contributed by atoms with Gasteiger partial charge in [-0.05, 0) is 25.5 Å². The first-order valence-electron chi connectivity index (χ1n) is 6.28. The molecule has 1 rings (SSSR count). The van der Waals surface area contributed by atoms with Crippen LogP contribution in [0, 0.1) is 5.92 Å². The molecule has 0 aromatic heterocycles. The number of nitrogens with zero attached hydrogens (tertiary/aromatic N) is 1. The Labute approximate surface area is 89.0 Å². The zero-order valence-electron chi connectivity index (χ0n) is 9.67. The van der Waals surface area contributed by atoms with Gasteiger partial charge in [-0.3, -0.25) is 4.99 Å². The van der Waals surface area contributed by atoms with E-state index >= 15 is 0 Å². The maximum absolute atomic E-state index is 4.22. The summed E-state index contributed by atoms with van der Waals surface area (Å²) in [5, 5.41) is 0. The van der Waals surface area contributed by atoms with Gasteiger partial charge in [-0.2, -0.15) is 0 Å². The molecule has 2 atom stereocenters. The summed E-state index contributed by atoms with van der Waals surface area (Å²) in [6.45, 7) is 6.10. The van der Waals surface area contributed by atoms with Crippen LogP contribution in [0.3, 0.4) is 0 Å². The smallest absolute Gasteiger partial charge is 0.0492 e. The van der Waals surface area contributed by atoms with E-state index in [9.17, 15) is 0 Å². The van der Waals surface area contributed by atoms with Crippen LogP contribution >= 0.6 is 0 Å². The first kappa shape index (κ1) is 11.7. The molecule has 82 valence electrons. The SMILES string of the molecule is C=NC1CCCCCC(C)CCCC1. The molecule has 1 nitrogen and oxygen atoms in total. The van der Waals surface area contributed by atoms with E-state index in [-0.39, 0.29) is 0 Å². The van der Waals surface area contributed by atoms with Crippen molar-refractivity contribution in [2.45, 2.75) is 70.8 Å². The summed E-state index contributed by atoms with van der Waals surface area (Å²) in [6, 6.07) is 0.559. The molecule has 0 aliphatic heterocycles. The molecule has 1 fully saturated rings. The Morgan fingerprint density at radius 3 is 2.00 bits per heavy atom. The Morgan fingerprint density at radius 2 is 1.36 bits per heavy atom. The lowest BCUT2D eigenvalue weighted by Crippen LogP contribution is -2.03. The Hall–Kier alpha value is -0.330. The fourth-order valence-corrected chi connectivity index (χ4v) is 2.39. The molecule has 0 aromatic carbocycles. The van der Waals surface area contributed by atoms with Gasteiger partial charge < -0.3 is 0 Å². The summed E-state index contributed by atoms with van der Waals surface area (Å²) < 4.78 is 0. The van der Waals surface area contributed by atoms with Crippen molar-refractivity contribution < 1.29 is 0 Å². The molecule has 0 heterocycles. The standard InChI is InChI=1S/C13H25N/c1-12-8-4-3-5-10-13(14-2)11-7-6-9-12/h12-13H,2-11H2,1H3. The number of hydrogen-bond donors (Lipinski definition) is 0. The van der Waals surface area contributed by atoms with Crippen LogP contribution in [0.2, 0.25) is 0 Å². The zero-order valence-corrected chi connectivity index (χ0v) is 9.67. The lowest BCUT2D eigenvalue weighted by atomic mass is 9.97. The summed E-state index contributed by atoms with van der Waals surface area (Å²) in [5.41, 5.74) is 0. The molecule has 1 aliphatic carbocycles. The highest BCUT2D eigenvalue weighted by molar-refractivity contribution is 5.24. The Balaban J connectivity index is 2.29. The second-order valence-electron chi connectivity index (χ2n) is 4.86. The minimum Gasteiger partial charge on any atom is -0.298 e. The van der Waals surface area contributed by atoms with Gasteiger partial charge >= 0.3 is 0 Å². The average Bonchev–Trinajstić information content (AvgIpc) is 2.23. The first-order chi connectivity index (χ1) is 6.83. The Bertz CT molecular complexity index is 153. The van der Waals surface area contributed by atoms with Crippen molar-refractivity contribution in [2.24, 2.45) is 10.9 Å². The Kier molecular flexibility index (Phi) is 5.89. The summed E-state index contributed by atoms with van der Waals surface area (Å²) >= 11 is 0. The maximum atomic E-state index is 4.22. The predicted octanol–water partition coefficient (Wildman–Crippen LogP) is 4.22.